The minimum absolute atomic E-state index is 0.229. The SMILES string of the molecule is O=C(Nc1ccc(Br)cc1Cl)c1cc(C2CC2)nn1-c1ccccc1. The van der Waals surface area contributed by atoms with Crippen molar-refractivity contribution >= 4 is 39.1 Å². The van der Waals surface area contributed by atoms with Gasteiger partial charge >= 0.3 is 0 Å². The van der Waals surface area contributed by atoms with Gasteiger partial charge in [0.25, 0.3) is 5.91 Å². The van der Waals surface area contributed by atoms with Crippen molar-refractivity contribution < 1.29 is 4.79 Å². The number of rotatable bonds is 4. The number of nitrogens with one attached hydrogen (secondary N) is 1. The Balaban J connectivity index is 1.69. The summed E-state index contributed by atoms with van der Waals surface area (Å²) in [5, 5.41) is 8.02. The summed E-state index contributed by atoms with van der Waals surface area (Å²) in [4.78, 5) is 12.9. The zero-order valence-corrected chi connectivity index (χ0v) is 15.6. The molecule has 1 saturated carbocycles. The Hall–Kier alpha value is -2.11. The molecule has 1 fully saturated rings. The molecule has 0 unspecified atom stereocenters. The lowest BCUT2D eigenvalue weighted by molar-refractivity contribution is 0.101. The Bertz CT molecular complexity index is 935. The molecule has 6 heteroatoms. The maximum Gasteiger partial charge on any atom is 0.274 e. The van der Waals surface area contributed by atoms with Gasteiger partial charge in [0.05, 0.1) is 22.1 Å². The first-order valence-electron chi connectivity index (χ1n) is 8.03. The number of amides is 1. The number of carbonyl (C=O) groups is 1. The van der Waals surface area contributed by atoms with Crippen LogP contribution < -0.4 is 5.32 Å². The molecule has 0 aliphatic heterocycles. The predicted molar refractivity (Wildman–Crippen MR) is 103 cm³/mol. The highest BCUT2D eigenvalue weighted by Crippen LogP contribution is 2.40. The fourth-order valence-corrected chi connectivity index (χ4v) is 3.40. The highest BCUT2D eigenvalue weighted by atomic mass is 79.9. The van der Waals surface area contributed by atoms with Crippen LogP contribution in [0.4, 0.5) is 5.69 Å². The third-order valence-electron chi connectivity index (χ3n) is 4.14. The molecule has 0 saturated heterocycles. The smallest absolute Gasteiger partial charge is 0.274 e. The summed E-state index contributed by atoms with van der Waals surface area (Å²) in [6, 6.07) is 16.9. The average Bonchev–Trinajstić information content (AvgIpc) is 3.36. The van der Waals surface area contributed by atoms with Crippen LogP contribution in [-0.2, 0) is 0 Å². The van der Waals surface area contributed by atoms with E-state index >= 15 is 0 Å². The number of aromatic nitrogens is 2. The van der Waals surface area contributed by atoms with Crippen molar-refractivity contribution in [2.45, 2.75) is 18.8 Å². The van der Waals surface area contributed by atoms with E-state index in [0.29, 0.717) is 22.3 Å². The summed E-state index contributed by atoms with van der Waals surface area (Å²) in [6.07, 6.45) is 2.26. The van der Waals surface area contributed by atoms with Gasteiger partial charge in [-0.25, -0.2) is 4.68 Å². The molecule has 0 atom stereocenters. The Kier molecular flexibility index (Phi) is 4.36. The standard InChI is InChI=1S/C19H15BrClN3O/c20-13-8-9-16(15(21)10-13)22-19(25)18-11-17(12-6-7-12)23-24(18)14-4-2-1-3-5-14/h1-5,8-12H,6-7H2,(H,22,25). The van der Waals surface area contributed by atoms with Crippen LogP contribution in [-0.4, -0.2) is 15.7 Å². The summed E-state index contributed by atoms with van der Waals surface area (Å²) >= 11 is 9.58. The van der Waals surface area contributed by atoms with Gasteiger partial charge in [-0.15, -0.1) is 0 Å². The van der Waals surface area contributed by atoms with Gasteiger partial charge in [0.2, 0.25) is 0 Å². The molecule has 0 bridgehead atoms. The van der Waals surface area contributed by atoms with E-state index in [1.54, 1.807) is 16.8 Å². The van der Waals surface area contributed by atoms with Gasteiger partial charge in [-0.1, -0.05) is 45.7 Å². The molecule has 1 amide bonds. The summed E-state index contributed by atoms with van der Waals surface area (Å²) in [5.41, 5.74) is 2.91. The molecule has 4 nitrogen and oxygen atoms in total. The summed E-state index contributed by atoms with van der Waals surface area (Å²) in [5.74, 6) is 0.236. The molecule has 0 spiro atoms. The minimum Gasteiger partial charge on any atom is -0.319 e. The number of carbonyl (C=O) groups excluding carboxylic acids is 1. The van der Waals surface area contributed by atoms with Gasteiger partial charge in [-0.05, 0) is 49.2 Å². The number of halogens is 2. The van der Waals surface area contributed by atoms with Gasteiger partial charge in [0.1, 0.15) is 5.69 Å². The van der Waals surface area contributed by atoms with Crippen molar-refractivity contribution in [2.24, 2.45) is 0 Å². The molecule has 1 N–H and O–H groups in total. The number of nitrogens with zero attached hydrogens (tertiary/aromatic N) is 2. The van der Waals surface area contributed by atoms with Gasteiger partial charge in [0, 0.05) is 10.4 Å². The van der Waals surface area contributed by atoms with Crippen molar-refractivity contribution in [1.82, 2.24) is 9.78 Å². The van der Waals surface area contributed by atoms with Gasteiger partial charge in [-0.2, -0.15) is 5.10 Å². The van der Waals surface area contributed by atoms with Gasteiger partial charge < -0.3 is 5.32 Å². The fraction of sp³-hybridized carbons (Fsp3) is 0.158. The quantitative estimate of drug-likeness (QED) is 0.617. The number of anilines is 1. The normalized spacial score (nSPS) is 13.7. The van der Waals surface area contributed by atoms with Crippen LogP contribution in [0.2, 0.25) is 5.02 Å². The van der Waals surface area contributed by atoms with Crippen LogP contribution in [0.3, 0.4) is 0 Å². The van der Waals surface area contributed by atoms with E-state index in [4.69, 9.17) is 11.6 Å². The highest BCUT2D eigenvalue weighted by molar-refractivity contribution is 9.10. The first kappa shape index (κ1) is 16.4. The second-order valence-electron chi connectivity index (χ2n) is 6.05. The molecule has 3 aromatic rings. The van der Waals surface area contributed by atoms with Gasteiger partial charge in [0.15, 0.2) is 0 Å². The Morgan fingerprint density at radius 3 is 2.60 bits per heavy atom. The van der Waals surface area contributed by atoms with Crippen molar-refractivity contribution in [3.63, 3.8) is 0 Å². The molecular weight excluding hydrogens is 402 g/mol. The molecule has 2 aromatic carbocycles. The van der Waals surface area contributed by atoms with E-state index in [1.165, 1.54) is 0 Å². The van der Waals surface area contributed by atoms with E-state index in [1.807, 2.05) is 42.5 Å². The van der Waals surface area contributed by atoms with Crippen LogP contribution in [0.1, 0.15) is 34.9 Å². The molecule has 25 heavy (non-hydrogen) atoms. The first-order chi connectivity index (χ1) is 12.1. The molecular formula is C19H15BrClN3O. The summed E-state index contributed by atoms with van der Waals surface area (Å²) in [7, 11) is 0. The molecule has 1 heterocycles. The lowest BCUT2D eigenvalue weighted by Gasteiger charge is -2.09. The average molecular weight is 417 g/mol. The molecule has 126 valence electrons. The molecule has 0 radical (unpaired) electrons. The third kappa shape index (κ3) is 3.48. The first-order valence-corrected chi connectivity index (χ1v) is 9.21. The molecule has 1 aliphatic carbocycles. The van der Waals surface area contributed by atoms with Crippen LogP contribution in [0.25, 0.3) is 5.69 Å². The lowest BCUT2D eigenvalue weighted by Crippen LogP contribution is -2.17. The number of para-hydroxylation sites is 1. The summed E-state index contributed by atoms with van der Waals surface area (Å²) in [6.45, 7) is 0. The van der Waals surface area contributed by atoms with Crippen LogP contribution in [0.5, 0.6) is 0 Å². The topological polar surface area (TPSA) is 46.9 Å². The van der Waals surface area contributed by atoms with E-state index in [0.717, 1.165) is 28.7 Å². The molecule has 1 aromatic heterocycles. The second kappa shape index (κ2) is 6.65. The van der Waals surface area contributed by atoms with Crippen molar-refractivity contribution in [2.75, 3.05) is 5.32 Å². The summed E-state index contributed by atoms with van der Waals surface area (Å²) < 4.78 is 2.57. The van der Waals surface area contributed by atoms with Crippen LogP contribution in [0, 0.1) is 0 Å². The Labute approximate surface area is 158 Å². The van der Waals surface area contributed by atoms with Crippen LogP contribution in [0.15, 0.2) is 59.1 Å². The number of hydrogen-bond acceptors (Lipinski definition) is 2. The minimum atomic E-state index is -0.229. The highest BCUT2D eigenvalue weighted by Gasteiger charge is 2.29. The van der Waals surface area contributed by atoms with Crippen LogP contribution >= 0.6 is 27.5 Å². The predicted octanol–water partition coefficient (Wildman–Crippen LogP) is 5.42. The largest absolute Gasteiger partial charge is 0.319 e. The maximum atomic E-state index is 12.9. The number of hydrogen-bond donors (Lipinski definition) is 1. The second-order valence-corrected chi connectivity index (χ2v) is 7.38. The zero-order valence-electron chi connectivity index (χ0n) is 13.2. The van der Waals surface area contributed by atoms with E-state index in [-0.39, 0.29) is 5.91 Å². The van der Waals surface area contributed by atoms with E-state index < -0.39 is 0 Å². The fourth-order valence-electron chi connectivity index (χ4n) is 2.68. The van der Waals surface area contributed by atoms with Crippen molar-refractivity contribution in [1.29, 1.82) is 0 Å². The Morgan fingerprint density at radius 1 is 1.16 bits per heavy atom. The molecule has 1 aliphatic rings. The van der Waals surface area contributed by atoms with E-state index in [2.05, 4.69) is 26.3 Å². The molecule has 4 rings (SSSR count). The Morgan fingerprint density at radius 2 is 1.92 bits per heavy atom. The number of benzene rings is 2. The van der Waals surface area contributed by atoms with Crippen molar-refractivity contribution in [3.05, 3.63) is 75.5 Å². The van der Waals surface area contributed by atoms with E-state index in [9.17, 15) is 4.79 Å². The maximum absolute atomic E-state index is 12.9. The third-order valence-corrected chi connectivity index (χ3v) is 4.94. The lowest BCUT2D eigenvalue weighted by atomic mass is 10.2. The van der Waals surface area contributed by atoms with Crippen molar-refractivity contribution in [3.8, 4) is 5.69 Å². The van der Waals surface area contributed by atoms with Gasteiger partial charge in [-0.3, -0.25) is 4.79 Å². The zero-order chi connectivity index (χ0) is 17.4. The monoisotopic (exact) mass is 415 g/mol.